The Kier molecular flexibility index (Phi) is 3.91. The number of para-hydroxylation sites is 2. The van der Waals surface area contributed by atoms with Gasteiger partial charge in [0, 0.05) is 21.8 Å². The van der Waals surface area contributed by atoms with Gasteiger partial charge in [0.15, 0.2) is 5.88 Å². The molecule has 2 heterocycles. The molecule has 0 spiro atoms. The van der Waals surface area contributed by atoms with Gasteiger partial charge in [-0.2, -0.15) is 10.2 Å². The van der Waals surface area contributed by atoms with Crippen LogP contribution in [-0.4, -0.2) is 15.1 Å². The molecule has 0 aliphatic rings. The zero-order valence-corrected chi connectivity index (χ0v) is 15.1. The number of nitrogens with one attached hydrogen (secondary N) is 2. The summed E-state index contributed by atoms with van der Waals surface area (Å²) in [5, 5.41) is 21.5. The Labute approximate surface area is 161 Å². The molecule has 0 unspecified atom stereocenters. The van der Waals surface area contributed by atoms with Crippen molar-refractivity contribution >= 4 is 27.5 Å². The van der Waals surface area contributed by atoms with Crippen molar-refractivity contribution in [2.75, 3.05) is 0 Å². The standard InChI is InChI=1S/C23H18N4O/c28-23-20(16-10-4-6-12-18(16)26-23)22-21(17-11-5-7-13-19(17)25-22)27-24-14-15-8-2-1-3-9-15/h1-13,25-26,28H,14H2. The second kappa shape index (κ2) is 6.70. The van der Waals surface area contributed by atoms with E-state index in [4.69, 9.17) is 0 Å². The van der Waals surface area contributed by atoms with Crippen molar-refractivity contribution in [1.29, 1.82) is 0 Å². The van der Waals surface area contributed by atoms with Crippen molar-refractivity contribution in [1.82, 2.24) is 9.97 Å². The maximum Gasteiger partial charge on any atom is 0.199 e. The van der Waals surface area contributed by atoms with Crippen molar-refractivity contribution < 1.29 is 5.11 Å². The molecule has 3 N–H and O–H groups in total. The molecular formula is C23H18N4O. The molecule has 0 amide bonds. The summed E-state index contributed by atoms with van der Waals surface area (Å²) < 4.78 is 0. The molecule has 0 bridgehead atoms. The Hall–Kier alpha value is -3.86. The molecule has 0 fully saturated rings. The first-order valence-electron chi connectivity index (χ1n) is 9.13. The van der Waals surface area contributed by atoms with Gasteiger partial charge >= 0.3 is 0 Å². The lowest BCUT2D eigenvalue weighted by atomic mass is 10.1. The van der Waals surface area contributed by atoms with Crippen LogP contribution in [0.5, 0.6) is 5.88 Å². The monoisotopic (exact) mass is 366 g/mol. The first-order valence-corrected chi connectivity index (χ1v) is 9.13. The molecule has 28 heavy (non-hydrogen) atoms. The maximum atomic E-state index is 10.6. The summed E-state index contributed by atoms with van der Waals surface area (Å²) in [6.07, 6.45) is 0. The third-order valence-corrected chi connectivity index (χ3v) is 4.88. The van der Waals surface area contributed by atoms with Crippen molar-refractivity contribution in [2.24, 2.45) is 10.2 Å². The summed E-state index contributed by atoms with van der Waals surface area (Å²) in [5.41, 5.74) is 5.12. The third kappa shape index (κ3) is 2.74. The second-order valence-electron chi connectivity index (χ2n) is 6.67. The fourth-order valence-electron chi connectivity index (χ4n) is 3.56. The van der Waals surface area contributed by atoms with Gasteiger partial charge in [-0.25, -0.2) is 0 Å². The Morgan fingerprint density at radius 1 is 0.714 bits per heavy atom. The summed E-state index contributed by atoms with van der Waals surface area (Å²) in [4.78, 5) is 6.46. The van der Waals surface area contributed by atoms with E-state index in [0.717, 1.165) is 38.8 Å². The minimum absolute atomic E-state index is 0.118. The number of nitrogens with zero attached hydrogens (tertiary/aromatic N) is 2. The Balaban J connectivity index is 1.67. The lowest BCUT2D eigenvalue weighted by Crippen LogP contribution is -1.79. The van der Waals surface area contributed by atoms with E-state index in [2.05, 4.69) is 20.2 Å². The Morgan fingerprint density at radius 2 is 1.36 bits per heavy atom. The van der Waals surface area contributed by atoms with Crippen molar-refractivity contribution in [3.8, 4) is 17.1 Å². The molecule has 0 saturated carbocycles. The lowest BCUT2D eigenvalue weighted by Gasteiger charge is -2.00. The zero-order valence-electron chi connectivity index (χ0n) is 15.1. The van der Waals surface area contributed by atoms with Gasteiger partial charge in [-0.05, 0) is 17.7 Å². The molecule has 5 nitrogen and oxygen atoms in total. The van der Waals surface area contributed by atoms with E-state index < -0.39 is 0 Å². The first kappa shape index (κ1) is 16.3. The number of H-pyrrole nitrogens is 2. The van der Waals surface area contributed by atoms with Crippen LogP contribution in [0.3, 0.4) is 0 Å². The predicted molar refractivity (Wildman–Crippen MR) is 112 cm³/mol. The number of benzene rings is 3. The summed E-state index contributed by atoms with van der Waals surface area (Å²) in [6, 6.07) is 25.8. The number of aromatic hydroxyl groups is 1. The minimum Gasteiger partial charge on any atom is -0.494 e. The van der Waals surface area contributed by atoms with Gasteiger partial charge in [0.2, 0.25) is 0 Å². The fraction of sp³-hybridized carbons (Fsp3) is 0.0435. The van der Waals surface area contributed by atoms with E-state index in [1.165, 1.54) is 0 Å². The van der Waals surface area contributed by atoms with Crippen LogP contribution in [0.2, 0.25) is 0 Å². The molecule has 0 atom stereocenters. The van der Waals surface area contributed by atoms with Gasteiger partial charge in [-0.1, -0.05) is 66.7 Å². The normalized spacial score (nSPS) is 11.7. The Bertz CT molecular complexity index is 1300. The SMILES string of the molecule is Oc1[nH]c2ccccc2c1-c1[nH]c2ccccc2c1N=NCc1ccccc1. The van der Waals surface area contributed by atoms with Gasteiger partial charge in [-0.3, -0.25) is 0 Å². The van der Waals surface area contributed by atoms with Crippen LogP contribution in [0.25, 0.3) is 33.1 Å². The highest BCUT2D eigenvalue weighted by molar-refractivity contribution is 6.07. The zero-order chi connectivity index (χ0) is 18.9. The molecule has 136 valence electrons. The summed E-state index contributed by atoms with van der Waals surface area (Å²) >= 11 is 0. The molecule has 0 radical (unpaired) electrons. The van der Waals surface area contributed by atoms with E-state index in [0.29, 0.717) is 12.1 Å². The second-order valence-corrected chi connectivity index (χ2v) is 6.67. The first-order chi connectivity index (χ1) is 13.8. The quantitative estimate of drug-likeness (QED) is 0.320. The highest BCUT2D eigenvalue weighted by atomic mass is 16.3. The van der Waals surface area contributed by atoms with Crippen molar-refractivity contribution in [3.05, 3.63) is 84.4 Å². The van der Waals surface area contributed by atoms with Gasteiger partial charge < -0.3 is 15.1 Å². The predicted octanol–water partition coefficient (Wildman–Crippen LogP) is 6.31. The highest BCUT2D eigenvalue weighted by Crippen LogP contribution is 2.44. The van der Waals surface area contributed by atoms with Crippen LogP contribution in [0.1, 0.15) is 5.56 Å². The highest BCUT2D eigenvalue weighted by Gasteiger charge is 2.20. The van der Waals surface area contributed by atoms with Crippen LogP contribution in [-0.2, 0) is 6.54 Å². The summed E-state index contributed by atoms with van der Waals surface area (Å²) in [6.45, 7) is 0.500. The van der Waals surface area contributed by atoms with Crippen LogP contribution >= 0.6 is 0 Å². The molecule has 0 aliphatic carbocycles. The number of hydrogen-bond acceptors (Lipinski definition) is 3. The smallest absolute Gasteiger partial charge is 0.199 e. The van der Waals surface area contributed by atoms with Gasteiger partial charge in [0.25, 0.3) is 0 Å². The molecule has 5 aromatic rings. The van der Waals surface area contributed by atoms with Crippen LogP contribution in [0.4, 0.5) is 5.69 Å². The average molecular weight is 366 g/mol. The lowest BCUT2D eigenvalue weighted by molar-refractivity contribution is 0.460. The fourth-order valence-corrected chi connectivity index (χ4v) is 3.56. The van der Waals surface area contributed by atoms with Crippen LogP contribution in [0, 0.1) is 0 Å². The Morgan fingerprint density at radius 3 is 2.14 bits per heavy atom. The molecule has 5 rings (SSSR count). The van der Waals surface area contributed by atoms with Gasteiger partial charge in [-0.15, -0.1) is 0 Å². The summed E-state index contributed by atoms with van der Waals surface area (Å²) in [7, 11) is 0. The summed E-state index contributed by atoms with van der Waals surface area (Å²) in [5.74, 6) is 0.118. The van der Waals surface area contributed by atoms with Gasteiger partial charge in [0.05, 0.1) is 17.8 Å². The topological polar surface area (TPSA) is 76.5 Å². The largest absolute Gasteiger partial charge is 0.494 e. The van der Waals surface area contributed by atoms with Crippen LogP contribution in [0.15, 0.2) is 89.1 Å². The van der Waals surface area contributed by atoms with Crippen LogP contribution < -0.4 is 0 Å². The van der Waals surface area contributed by atoms with E-state index in [1.807, 2.05) is 78.9 Å². The van der Waals surface area contributed by atoms with E-state index in [1.54, 1.807) is 0 Å². The number of aromatic amines is 2. The minimum atomic E-state index is 0.118. The number of azo groups is 1. The molecule has 3 aromatic carbocycles. The molecule has 0 saturated heterocycles. The number of hydrogen-bond donors (Lipinski definition) is 3. The molecule has 2 aromatic heterocycles. The maximum absolute atomic E-state index is 10.6. The van der Waals surface area contributed by atoms with Gasteiger partial charge in [0.1, 0.15) is 5.69 Å². The van der Waals surface area contributed by atoms with E-state index >= 15 is 0 Å². The number of fused-ring (bicyclic) bond motifs is 2. The van der Waals surface area contributed by atoms with E-state index in [9.17, 15) is 5.11 Å². The van der Waals surface area contributed by atoms with Crippen molar-refractivity contribution in [3.63, 3.8) is 0 Å². The molecular weight excluding hydrogens is 348 g/mol. The third-order valence-electron chi connectivity index (χ3n) is 4.88. The van der Waals surface area contributed by atoms with Crippen molar-refractivity contribution in [2.45, 2.75) is 6.54 Å². The molecule has 0 aliphatic heterocycles. The number of rotatable bonds is 4. The molecule has 5 heteroatoms. The van der Waals surface area contributed by atoms with E-state index in [-0.39, 0.29) is 5.88 Å². The number of aromatic nitrogens is 2. The average Bonchev–Trinajstić information content (AvgIpc) is 3.25.